The predicted molar refractivity (Wildman–Crippen MR) is 114 cm³/mol. The minimum atomic E-state index is -0.668. The minimum absolute atomic E-state index is 0.110. The van der Waals surface area contributed by atoms with Gasteiger partial charge in [0.25, 0.3) is 0 Å². The van der Waals surface area contributed by atoms with E-state index in [-0.39, 0.29) is 12.1 Å². The largest absolute Gasteiger partial charge is 0.385 e. The van der Waals surface area contributed by atoms with Crippen molar-refractivity contribution in [1.29, 1.82) is 0 Å². The lowest BCUT2D eigenvalue weighted by Crippen LogP contribution is -2.55. The molecule has 1 amide bonds. The third-order valence-corrected chi connectivity index (χ3v) is 6.07. The number of amides is 1. The van der Waals surface area contributed by atoms with Crippen molar-refractivity contribution < 1.29 is 9.90 Å². The Kier molecular flexibility index (Phi) is 6.25. The van der Waals surface area contributed by atoms with E-state index >= 15 is 0 Å². The van der Waals surface area contributed by atoms with Gasteiger partial charge in [0, 0.05) is 44.8 Å². The maximum atomic E-state index is 11.5. The number of hydrogen-bond acceptors (Lipinski definition) is 5. The number of fused-ring (bicyclic) bond motifs is 1. The minimum Gasteiger partial charge on any atom is -0.385 e. The van der Waals surface area contributed by atoms with Gasteiger partial charge < -0.3 is 21.1 Å². The number of aryl methyl sites for hydroxylation is 1. The van der Waals surface area contributed by atoms with E-state index in [9.17, 15) is 9.90 Å². The van der Waals surface area contributed by atoms with Crippen molar-refractivity contribution in [2.75, 3.05) is 38.0 Å². The molecule has 6 heteroatoms. The average molecular weight is 395 g/mol. The van der Waals surface area contributed by atoms with Gasteiger partial charge in [-0.05, 0) is 35.6 Å². The molecule has 0 aromatic heterocycles. The number of nitrogens with two attached hydrogens (primary N) is 1. The number of benzene rings is 2. The van der Waals surface area contributed by atoms with E-state index in [1.807, 2.05) is 36.4 Å². The van der Waals surface area contributed by atoms with Gasteiger partial charge in [-0.15, -0.1) is 0 Å². The number of carbonyl (C=O) groups excluding carboxylic acids is 1. The molecule has 2 aliphatic rings. The van der Waals surface area contributed by atoms with Crippen molar-refractivity contribution in [3.8, 4) is 0 Å². The number of nitrogens with one attached hydrogen (secondary N) is 1. The maximum absolute atomic E-state index is 11.5. The number of nitrogens with zero attached hydrogens (tertiary/aromatic N) is 2. The summed E-state index contributed by atoms with van der Waals surface area (Å²) in [7, 11) is 0. The van der Waals surface area contributed by atoms with E-state index < -0.39 is 6.10 Å². The Hall–Kier alpha value is -2.25. The lowest BCUT2D eigenvalue weighted by atomic mass is 9.99. The standard InChI is InChI=1S/C23H30N4O2/c24-23(22(29)18-4-2-1-3-5-18)27-14-12-26(13-15-27)11-10-17-6-8-20-19(16-17)7-9-21(28)25-20/h1-6,8,16,22-23,29H,7,9-15,24H2,(H,25,28). The molecular weight excluding hydrogens is 364 g/mol. The zero-order valence-electron chi connectivity index (χ0n) is 16.8. The van der Waals surface area contributed by atoms with Gasteiger partial charge in [0.15, 0.2) is 0 Å². The Labute approximate surface area is 172 Å². The molecule has 4 rings (SSSR count). The molecule has 4 N–H and O–H groups in total. The summed E-state index contributed by atoms with van der Waals surface area (Å²) in [4.78, 5) is 16.1. The third kappa shape index (κ3) is 4.85. The Balaban J connectivity index is 1.25. The first-order valence-corrected chi connectivity index (χ1v) is 10.5. The van der Waals surface area contributed by atoms with Crippen molar-refractivity contribution in [3.63, 3.8) is 0 Å². The monoisotopic (exact) mass is 394 g/mol. The number of piperazine rings is 1. The first-order chi connectivity index (χ1) is 14.1. The molecule has 2 aliphatic heterocycles. The fourth-order valence-corrected chi connectivity index (χ4v) is 4.21. The fourth-order valence-electron chi connectivity index (χ4n) is 4.21. The van der Waals surface area contributed by atoms with Gasteiger partial charge in [-0.2, -0.15) is 0 Å². The van der Waals surface area contributed by atoms with Crippen LogP contribution in [0.5, 0.6) is 0 Å². The summed E-state index contributed by atoms with van der Waals surface area (Å²) in [6.07, 6.45) is 1.36. The van der Waals surface area contributed by atoms with Crippen LogP contribution in [0, 0.1) is 0 Å². The highest BCUT2D eigenvalue weighted by atomic mass is 16.3. The second kappa shape index (κ2) is 9.05. The van der Waals surface area contributed by atoms with Crippen LogP contribution in [0.15, 0.2) is 48.5 Å². The van der Waals surface area contributed by atoms with Crippen molar-refractivity contribution >= 4 is 11.6 Å². The first-order valence-electron chi connectivity index (χ1n) is 10.5. The summed E-state index contributed by atoms with van der Waals surface area (Å²) in [5.74, 6) is 0.110. The van der Waals surface area contributed by atoms with Crippen molar-refractivity contribution in [2.24, 2.45) is 5.73 Å². The molecule has 2 unspecified atom stereocenters. The molecule has 154 valence electrons. The Morgan fingerprint density at radius 3 is 2.55 bits per heavy atom. The van der Waals surface area contributed by atoms with Gasteiger partial charge in [0.2, 0.25) is 5.91 Å². The molecule has 0 aliphatic carbocycles. The Morgan fingerprint density at radius 2 is 1.79 bits per heavy atom. The van der Waals surface area contributed by atoms with E-state index in [1.165, 1.54) is 11.1 Å². The van der Waals surface area contributed by atoms with Crippen LogP contribution in [0.25, 0.3) is 0 Å². The van der Waals surface area contributed by atoms with E-state index in [0.717, 1.165) is 56.8 Å². The molecule has 2 aromatic rings. The van der Waals surface area contributed by atoms with E-state index in [0.29, 0.717) is 6.42 Å². The highest BCUT2D eigenvalue weighted by Gasteiger charge is 2.27. The molecule has 0 bridgehead atoms. The molecule has 1 saturated heterocycles. The van der Waals surface area contributed by atoms with Gasteiger partial charge in [0.1, 0.15) is 6.10 Å². The van der Waals surface area contributed by atoms with Crippen LogP contribution >= 0.6 is 0 Å². The van der Waals surface area contributed by atoms with Gasteiger partial charge in [-0.3, -0.25) is 9.69 Å². The summed E-state index contributed by atoms with van der Waals surface area (Å²) < 4.78 is 0. The zero-order chi connectivity index (χ0) is 20.2. The Morgan fingerprint density at radius 1 is 1.03 bits per heavy atom. The van der Waals surface area contributed by atoms with Crippen LogP contribution in [0.2, 0.25) is 0 Å². The van der Waals surface area contributed by atoms with Crippen LogP contribution in [0.1, 0.15) is 29.2 Å². The van der Waals surface area contributed by atoms with Crippen molar-refractivity contribution in [3.05, 3.63) is 65.2 Å². The number of carbonyl (C=O) groups is 1. The number of rotatable bonds is 6. The highest BCUT2D eigenvalue weighted by Crippen LogP contribution is 2.24. The zero-order valence-corrected chi connectivity index (χ0v) is 16.8. The summed E-state index contributed by atoms with van der Waals surface area (Å²) in [6.45, 7) is 4.64. The van der Waals surface area contributed by atoms with Crippen LogP contribution in [-0.4, -0.2) is 59.7 Å². The molecule has 0 spiro atoms. The lowest BCUT2D eigenvalue weighted by Gasteiger charge is -2.39. The summed E-state index contributed by atoms with van der Waals surface area (Å²) in [5, 5.41) is 13.5. The summed E-state index contributed by atoms with van der Waals surface area (Å²) >= 11 is 0. The fraction of sp³-hybridized carbons (Fsp3) is 0.435. The number of aliphatic hydroxyl groups is 1. The van der Waals surface area contributed by atoms with Crippen molar-refractivity contribution in [2.45, 2.75) is 31.5 Å². The molecule has 6 nitrogen and oxygen atoms in total. The van der Waals surface area contributed by atoms with Gasteiger partial charge in [0.05, 0.1) is 6.17 Å². The number of hydrogen-bond donors (Lipinski definition) is 3. The van der Waals surface area contributed by atoms with Crippen LogP contribution < -0.4 is 11.1 Å². The smallest absolute Gasteiger partial charge is 0.224 e. The molecule has 2 atom stereocenters. The molecule has 0 saturated carbocycles. The van der Waals surface area contributed by atoms with Crippen LogP contribution in [-0.2, 0) is 17.6 Å². The molecule has 29 heavy (non-hydrogen) atoms. The summed E-state index contributed by atoms with van der Waals surface area (Å²) in [5.41, 5.74) is 10.7. The first kappa shape index (κ1) is 20.0. The Bertz CT molecular complexity index is 834. The van der Waals surface area contributed by atoms with Gasteiger partial charge in [-0.1, -0.05) is 42.5 Å². The SMILES string of the molecule is NC(C(O)c1ccccc1)N1CCN(CCc2ccc3c(c2)CCC(=O)N3)CC1. The van der Waals surface area contributed by atoms with E-state index in [2.05, 4.69) is 27.2 Å². The molecule has 2 aromatic carbocycles. The van der Waals surface area contributed by atoms with Gasteiger partial charge >= 0.3 is 0 Å². The second-order valence-corrected chi connectivity index (χ2v) is 8.01. The third-order valence-electron chi connectivity index (χ3n) is 6.07. The van der Waals surface area contributed by atoms with Gasteiger partial charge in [-0.25, -0.2) is 0 Å². The normalized spacial score (nSPS) is 20.0. The summed E-state index contributed by atoms with van der Waals surface area (Å²) in [6, 6.07) is 16.0. The van der Waals surface area contributed by atoms with E-state index in [1.54, 1.807) is 0 Å². The van der Waals surface area contributed by atoms with Crippen molar-refractivity contribution in [1.82, 2.24) is 9.80 Å². The number of anilines is 1. The molecule has 2 heterocycles. The number of aliphatic hydroxyl groups excluding tert-OH is 1. The quantitative estimate of drug-likeness (QED) is 0.695. The topological polar surface area (TPSA) is 81.8 Å². The molecular formula is C23H30N4O2. The van der Waals surface area contributed by atoms with Crippen LogP contribution in [0.3, 0.4) is 0 Å². The maximum Gasteiger partial charge on any atom is 0.224 e. The second-order valence-electron chi connectivity index (χ2n) is 8.01. The average Bonchev–Trinajstić information content (AvgIpc) is 2.77. The molecule has 0 radical (unpaired) electrons. The predicted octanol–water partition coefficient (Wildman–Crippen LogP) is 1.75. The van der Waals surface area contributed by atoms with Crippen LogP contribution in [0.4, 0.5) is 5.69 Å². The lowest BCUT2D eigenvalue weighted by molar-refractivity contribution is -0.116. The highest BCUT2D eigenvalue weighted by molar-refractivity contribution is 5.93. The molecule has 1 fully saturated rings. The van der Waals surface area contributed by atoms with E-state index in [4.69, 9.17) is 5.73 Å².